The van der Waals surface area contributed by atoms with Crippen molar-refractivity contribution in [3.8, 4) is 0 Å². The molecule has 2 nitrogen and oxygen atoms in total. The lowest BCUT2D eigenvalue weighted by Gasteiger charge is -2.29. The van der Waals surface area contributed by atoms with Crippen molar-refractivity contribution in [2.75, 3.05) is 6.54 Å². The van der Waals surface area contributed by atoms with Gasteiger partial charge in [0.25, 0.3) is 0 Å². The van der Waals surface area contributed by atoms with Gasteiger partial charge >= 0.3 is 0 Å². The molecule has 0 spiro atoms. The second kappa shape index (κ2) is 2.88. The number of allylic oxidation sites excluding steroid dienone is 2. The Morgan fingerprint density at radius 3 is 2.90 bits per heavy atom. The fourth-order valence-electron chi connectivity index (χ4n) is 1.06. The Labute approximate surface area is 62.0 Å². The van der Waals surface area contributed by atoms with E-state index in [9.17, 15) is 0 Å². The number of likely N-dealkylation sites (N-methyl/N-ethyl adjacent to an activating group) is 1. The molecule has 1 aliphatic heterocycles. The van der Waals surface area contributed by atoms with Crippen LogP contribution in [0.2, 0.25) is 0 Å². The van der Waals surface area contributed by atoms with Crippen LogP contribution in [-0.2, 0) is 0 Å². The lowest BCUT2D eigenvalue weighted by molar-refractivity contribution is 0.325. The van der Waals surface area contributed by atoms with Crippen molar-refractivity contribution in [2.45, 2.75) is 20.0 Å². The van der Waals surface area contributed by atoms with Gasteiger partial charge in [0.15, 0.2) is 0 Å². The van der Waals surface area contributed by atoms with E-state index in [1.54, 1.807) is 0 Å². The molecule has 1 rings (SSSR count). The third kappa shape index (κ3) is 1.21. The van der Waals surface area contributed by atoms with Gasteiger partial charge in [0.1, 0.15) is 0 Å². The molecule has 0 saturated carbocycles. The van der Waals surface area contributed by atoms with Gasteiger partial charge in [0.2, 0.25) is 0 Å². The van der Waals surface area contributed by atoms with Crippen LogP contribution in [0.5, 0.6) is 0 Å². The van der Waals surface area contributed by atoms with Gasteiger partial charge in [0.05, 0.1) is 6.17 Å². The zero-order valence-corrected chi connectivity index (χ0v) is 6.54. The summed E-state index contributed by atoms with van der Waals surface area (Å²) in [7, 11) is 0. The zero-order chi connectivity index (χ0) is 7.56. The van der Waals surface area contributed by atoms with E-state index in [1.807, 2.05) is 12.3 Å². The largest absolute Gasteiger partial charge is 0.359 e. The molecule has 56 valence electrons. The standard InChI is InChI=1S/C8H14N2/c1-3-10-6-4-5-7(2)8(10)9/h4-6,8H,3,9H2,1-2H3. The number of nitrogens with two attached hydrogens (primary N) is 1. The summed E-state index contributed by atoms with van der Waals surface area (Å²) in [5, 5.41) is 0. The smallest absolute Gasteiger partial charge is 0.0986 e. The molecule has 0 fully saturated rings. The van der Waals surface area contributed by atoms with Gasteiger partial charge in [-0.2, -0.15) is 0 Å². The van der Waals surface area contributed by atoms with Gasteiger partial charge in [-0.1, -0.05) is 6.08 Å². The second-order valence-corrected chi connectivity index (χ2v) is 2.53. The predicted molar refractivity (Wildman–Crippen MR) is 43.3 cm³/mol. The van der Waals surface area contributed by atoms with Crippen LogP contribution in [0, 0.1) is 0 Å². The molecule has 1 atom stereocenters. The van der Waals surface area contributed by atoms with Gasteiger partial charge < -0.3 is 10.6 Å². The lowest BCUT2D eigenvalue weighted by Crippen LogP contribution is -2.40. The van der Waals surface area contributed by atoms with Crippen molar-refractivity contribution in [1.82, 2.24) is 4.90 Å². The summed E-state index contributed by atoms with van der Waals surface area (Å²) < 4.78 is 0. The predicted octanol–water partition coefficient (Wildman–Crippen LogP) is 1.07. The fraction of sp³-hybridized carbons (Fsp3) is 0.500. The van der Waals surface area contributed by atoms with E-state index in [0.717, 1.165) is 6.54 Å². The number of rotatable bonds is 1. The quantitative estimate of drug-likeness (QED) is 0.587. The molecule has 1 heterocycles. The molecule has 0 aromatic heterocycles. The van der Waals surface area contributed by atoms with E-state index in [4.69, 9.17) is 5.73 Å². The molecule has 0 amide bonds. The monoisotopic (exact) mass is 138 g/mol. The van der Waals surface area contributed by atoms with Crippen LogP contribution in [0.15, 0.2) is 23.9 Å². The van der Waals surface area contributed by atoms with Crippen molar-refractivity contribution in [1.29, 1.82) is 0 Å². The number of hydrogen-bond donors (Lipinski definition) is 1. The highest BCUT2D eigenvalue weighted by Crippen LogP contribution is 2.10. The average molecular weight is 138 g/mol. The van der Waals surface area contributed by atoms with E-state index in [-0.39, 0.29) is 6.17 Å². The minimum absolute atomic E-state index is 0.0926. The molecule has 0 saturated heterocycles. The Balaban J connectivity index is 2.68. The third-order valence-electron chi connectivity index (χ3n) is 1.83. The minimum Gasteiger partial charge on any atom is -0.359 e. The Morgan fingerprint density at radius 2 is 2.40 bits per heavy atom. The first-order valence-electron chi connectivity index (χ1n) is 3.62. The highest BCUT2D eigenvalue weighted by Gasteiger charge is 2.11. The maximum Gasteiger partial charge on any atom is 0.0986 e. The first-order valence-corrected chi connectivity index (χ1v) is 3.62. The molecule has 2 N–H and O–H groups in total. The molecular weight excluding hydrogens is 124 g/mol. The summed E-state index contributed by atoms with van der Waals surface area (Å²) in [5.74, 6) is 0. The van der Waals surface area contributed by atoms with Gasteiger partial charge in [0, 0.05) is 12.7 Å². The lowest BCUT2D eigenvalue weighted by atomic mass is 10.1. The van der Waals surface area contributed by atoms with Crippen LogP contribution in [0.3, 0.4) is 0 Å². The normalized spacial score (nSPS) is 24.9. The Kier molecular flexibility index (Phi) is 2.12. The molecule has 1 unspecified atom stereocenters. The first-order chi connectivity index (χ1) is 4.75. The van der Waals surface area contributed by atoms with Gasteiger partial charge in [-0.3, -0.25) is 0 Å². The van der Waals surface area contributed by atoms with Crippen LogP contribution in [0.1, 0.15) is 13.8 Å². The zero-order valence-electron chi connectivity index (χ0n) is 6.54. The van der Waals surface area contributed by atoms with Crippen molar-refractivity contribution >= 4 is 0 Å². The van der Waals surface area contributed by atoms with E-state index >= 15 is 0 Å². The molecular formula is C8H14N2. The van der Waals surface area contributed by atoms with E-state index in [2.05, 4.69) is 24.8 Å². The third-order valence-corrected chi connectivity index (χ3v) is 1.83. The average Bonchev–Trinajstić information content (AvgIpc) is 1.95. The minimum atomic E-state index is 0.0926. The van der Waals surface area contributed by atoms with Gasteiger partial charge in [-0.15, -0.1) is 0 Å². The first kappa shape index (κ1) is 7.35. The summed E-state index contributed by atoms with van der Waals surface area (Å²) in [5.41, 5.74) is 7.07. The molecule has 1 aliphatic rings. The van der Waals surface area contributed by atoms with Crippen molar-refractivity contribution < 1.29 is 0 Å². The second-order valence-electron chi connectivity index (χ2n) is 2.53. The van der Waals surface area contributed by atoms with Crippen LogP contribution in [-0.4, -0.2) is 17.6 Å². The van der Waals surface area contributed by atoms with E-state index in [0.29, 0.717) is 0 Å². The van der Waals surface area contributed by atoms with E-state index < -0.39 is 0 Å². The number of hydrogen-bond acceptors (Lipinski definition) is 2. The molecule has 0 bridgehead atoms. The summed E-state index contributed by atoms with van der Waals surface area (Å²) in [6.07, 6.45) is 6.20. The summed E-state index contributed by atoms with van der Waals surface area (Å²) >= 11 is 0. The van der Waals surface area contributed by atoms with Gasteiger partial charge in [-0.25, -0.2) is 0 Å². The summed E-state index contributed by atoms with van der Waals surface area (Å²) in [4.78, 5) is 2.11. The van der Waals surface area contributed by atoms with Gasteiger partial charge in [-0.05, 0) is 25.5 Å². The highest BCUT2D eigenvalue weighted by atomic mass is 15.2. The van der Waals surface area contributed by atoms with E-state index in [1.165, 1.54) is 5.57 Å². The SMILES string of the molecule is CCN1C=CC=C(C)C1N. The van der Waals surface area contributed by atoms with Crippen molar-refractivity contribution in [3.05, 3.63) is 23.9 Å². The van der Waals surface area contributed by atoms with Crippen molar-refractivity contribution in [3.63, 3.8) is 0 Å². The molecule has 10 heavy (non-hydrogen) atoms. The maximum atomic E-state index is 5.84. The van der Waals surface area contributed by atoms with Crippen LogP contribution < -0.4 is 5.73 Å². The Hall–Kier alpha value is -0.760. The van der Waals surface area contributed by atoms with Crippen LogP contribution >= 0.6 is 0 Å². The molecule has 2 heteroatoms. The molecule has 0 aromatic rings. The number of nitrogens with zero attached hydrogens (tertiary/aromatic N) is 1. The molecule has 0 aromatic carbocycles. The summed E-state index contributed by atoms with van der Waals surface area (Å²) in [6.45, 7) is 5.13. The van der Waals surface area contributed by atoms with Crippen LogP contribution in [0.4, 0.5) is 0 Å². The Morgan fingerprint density at radius 1 is 1.70 bits per heavy atom. The molecule has 0 aliphatic carbocycles. The maximum absolute atomic E-state index is 5.84. The molecule has 0 radical (unpaired) electrons. The van der Waals surface area contributed by atoms with Crippen LogP contribution in [0.25, 0.3) is 0 Å². The topological polar surface area (TPSA) is 29.3 Å². The van der Waals surface area contributed by atoms with Crippen molar-refractivity contribution in [2.24, 2.45) is 5.73 Å². The summed E-state index contributed by atoms with van der Waals surface area (Å²) in [6, 6.07) is 0. The fourth-order valence-corrected chi connectivity index (χ4v) is 1.06. The highest BCUT2D eigenvalue weighted by molar-refractivity contribution is 5.20. The Bertz CT molecular complexity index is 170.